The molecule has 0 spiro atoms. The molecule has 1 unspecified atom stereocenters. The molecule has 0 amide bonds. The second-order valence-corrected chi connectivity index (χ2v) is 3.83. The zero-order valence-electron chi connectivity index (χ0n) is 8.77. The molecule has 15 heavy (non-hydrogen) atoms. The lowest BCUT2D eigenvalue weighted by Gasteiger charge is -2.11. The molecule has 0 radical (unpaired) electrons. The van der Waals surface area contributed by atoms with Gasteiger partial charge in [0.2, 0.25) is 0 Å². The van der Waals surface area contributed by atoms with E-state index < -0.39 is 0 Å². The third-order valence-electron chi connectivity index (χ3n) is 2.75. The van der Waals surface area contributed by atoms with E-state index in [4.69, 9.17) is 5.26 Å². The van der Waals surface area contributed by atoms with E-state index in [0.29, 0.717) is 12.3 Å². The first-order valence-electron chi connectivity index (χ1n) is 5.17. The lowest BCUT2D eigenvalue weighted by molar-refractivity contribution is 0.796. The average molecular weight is 195 g/mol. The predicted molar refractivity (Wildman–Crippen MR) is 62.6 cm³/mol. The monoisotopic (exact) mass is 195 g/mol. The van der Waals surface area contributed by atoms with Crippen LogP contribution in [0.3, 0.4) is 0 Å². The van der Waals surface area contributed by atoms with Crippen molar-refractivity contribution in [2.75, 3.05) is 0 Å². The SMILES string of the molecule is CC(CC#N)c1cccc2ccccc12. The summed E-state index contributed by atoms with van der Waals surface area (Å²) >= 11 is 0. The smallest absolute Gasteiger partial charge is 0.0628 e. The summed E-state index contributed by atoms with van der Waals surface area (Å²) in [6, 6.07) is 16.8. The Morgan fingerprint density at radius 2 is 1.87 bits per heavy atom. The van der Waals surface area contributed by atoms with Gasteiger partial charge in [-0.3, -0.25) is 0 Å². The molecule has 2 rings (SSSR count). The highest BCUT2D eigenvalue weighted by atomic mass is 14.2. The Labute approximate surface area is 90.0 Å². The zero-order chi connectivity index (χ0) is 10.7. The molecule has 0 saturated heterocycles. The van der Waals surface area contributed by atoms with Crippen LogP contribution in [0.2, 0.25) is 0 Å². The second kappa shape index (κ2) is 4.14. The number of hydrogen-bond donors (Lipinski definition) is 0. The third kappa shape index (κ3) is 1.85. The molecule has 0 aliphatic carbocycles. The van der Waals surface area contributed by atoms with Gasteiger partial charge in [0.15, 0.2) is 0 Å². The molecule has 1 atom stereocenters. The van der Waals surface area contributed by atoms with Crippen LogP contribution in [0, 0.1) is 11.3 Å². The Kier molecular flexibility index (Phi) is 2.69. The Hall–Kier alpha value is -1.81. The van der Waals surface area contributed by atoms with E-state index >= 15 is 0 Å². The van der Waals surface area contributed by atoms with Crippen molar-refractivity contribution in [2.45, 2.75) is 19.3 Å². The zero-order valence-corrected chi connectivity index (χ0v) is 8.77. The van der Waals surface area contributed by atoms with Crippen molar-refractivity contribution in [1.82, 2.24) is 0 Å². The van der Waals surface area contributed by atoms with E-state index in [1.54, 1.807) is 0 Å². The quantitative estimate of drug-likeness (QED) is 0.713. The first-order valence-corrected chi connectivity index (χ1v) is 5.17. The van der Waals surface area contributed by atoms with Crippen LogP contribution in [0.1, 0.15) is 24.8 Å². The minimum Gasteiger partial charge on any atom is -0.198 e. The van der Waals surface area contributed by atoms with E-state index in [1.165, 1.54) is 16.3 Å². The molecular formula is C14H13N. The van der Waals surface area contributed by atoms with Crippen molar-refractivity contribution in [2.24, 2.45) is 0 Å². The normalized spacial score (nSPS) is 12.3. The van der Waals surface area contributed by atoms with Crippen LogP contribution in [-0.2, 0) is 0 Å². The molecule has 0 bridgehead atoms. The van der Waals surface area contributed by atoms with Crippen LogP contribution in [0.4, 0.5) is 0 Å². The molecule has 0 aliphatic heterocycles. The number of benzene rings is 2. The maximum Gasteiger partial charge on any atom is 0.0628 e. The standard InChI is InChI=1S/C14H13N/c1-11(9-10-15)13-8-4-6-12-5-2-3-7-14(12)13/h2-8,11H,9H2,1H3. The van der Waals surface area contributed by atoms with Gasteiger partial charge in [-0.1, -0.05) is 49.4 Å². The van der Waals surface area contributed by atoms with Crippen molar-refractivity contribution >= 4 is 10.8 Å². The molecule has 0 fully saturated rings. The van der Waals surface area contributed by atoms with Gasteiger partial charge in [0.05, 0.1) is 6.07 Å². The van der Waals surface area contributed by atoms with Gasteiger partial charge in [-0.05, 0) is 22.3 Å². The molecule has 1 heteroatoms. The minimum absolute atomic E-state index is 0.307. The summed E-state index contributed by atoms with van der Waals surface area (Å²) in [5, 5.41) is 11.2. The molecule has 2 aromatic rings. The number of hydrogen-bond acceptors (Lipinski definition) is 1. The van der Waals surface area contributed by atoms with E-state index in [1.807, 2.05) is 12.1 Å². The van der Waals surface area contributed by atoms with Gasteiger partial charge in [0, 0.05) is 6.42 Å². The summed E-state index contributed by atoms with van der Waals surface area (Å²) in [5.74, 6) is 0.307. The van der Waals surface area contributed by atoms with E-state index in [-0.39, 0.29) is 0 Å². The molecule has 1 nitrogen and oxygen atoms in total. The topological polar surface area (TPSA) is 23.8 Å². The second-order valence-electron chi connectivity index (χ2n) is 3.83. The van der Waals surface area contributed by atoms with Crippen LogP contribution in [0.15, 0.2) is 42.5 Å². The summed E-state index contributed by atoms with van der Waals surface area (Å²) < 4.78 is 0. The fourth-order valence-corrected chi connectivity index (χ4v) is 1.93. The van der Waals surface area contributed by atoms with Crippen LogP contribution in [0.25, 0.3) is 10.8 Å². The molecule has 0 heterocycles. The lowest BCUT2D eigenvalue weighted by atomic mass is 9.93. The van der Waals surface area contributed by atoms with Crippen molar-refractivity contribution in [3.8, 4) is 6.07 Å². The van der Waals surface area contributed by atoms with Crippen LogP contribution in [-0.4, -0.2) is 0 Å². The van der Waals surface area contributed by atoms with E-state index in [0.717, 1.165) is 0 Å². The van der Waals surface area contributed by atoms with Crippen molar-refractivity contribution in [3.05, 3.63) is 48.0 Å². The van der Waals surface area contributed by atoms with Gasteiger partial charge >= 0.3 is 0 Å². The van der Waals surface area contributed by atoms with Crippen LogP contribution >= 0.6 is 0 Å². The molecular weight excluding hydrogens is 182 g/mol. The fourth-order valence-electron chi connectivity index (χ4n) is 1.93. The highest BCUT2D eigenvalue weighted by Gasteiger charge is 2.07. The molecule has 0 N–H and O–H groups in total. The van der Waals surface area contributed by atoms with Crippen molar-refractivity contribution < 1.29 is 0 Å². The first kappa shape index (κ1) is 9.73. The molecule has 0 aromatic heterocycles. The third-order valence-corrected chi connectivity index (χ3v) is 2.75. The van der Waals surface area contributed by atoms with E-state index in [9.17, 15) is 0 Å². The highest BCUT2D eigenvalue weighted by molar-refractivity contribution is 5.86. The first-order chi connectivity index (χ1) is 7.33. The number of nitrogens with zero attached hydrogens (tertiary/aromatic N) is 1. The average Bonchev–Trinajstić information content (AvgIpc) is 2.28. The molecule has 74 valence electrons. The molecule has 0 aliphatic rings. The summed E-state index contributed by atoms with van der Waals surface area (Å²) in [4.78, 5) is 0. The molecule has 2 aromatic carbocycles. The Morgan fingerprint density at radius 1 is 1.13 bits per heavy atom. The van der Waals surface area contributed by atoms with Gasteiger partial charge < -0.3 is 0 Å². The van der Waals surface area contributed by atoms with Gasteiger partial charge in [-0.2, -0.15) is 5.26 Å². The van der Waals surface area contributed by atoms with Crippen LogP contribution < -0.4 is 0 Å². The molecule has 0 saturated carbocycles. The fraction of sp³-hybridized carbons (Fsp3) is 0.214. The predicted octanol–water partition coefficient (Wildman–Crippen LogP) is 3.86. The van der Waals surface area contributed by atoms with Crippen molar-refractivity contribution in [1.29, 1.82) is 5.26 Å². The number of rotatable bonds is 2. The Balaban J connectivity index is 2.56. The minimum atomic E-state index is 0.307. The Bertz CT molecular complexity index is 503. The number of nitriles is 1. The lowest BCUT2D eigenvalue weighted by Crippen LogP contribution is -1.93. The maximum atomic E-state index is 8.72. The van der Waals surface area contributed by atoms with Gasteiger partial charge in [-0.25, -0.2) is 0 Å². The summed E-state index contributed by atoms with van der Waals surface area (Å²) in [7, 11) is 0. The summed E-state index contributed by atoms with van der Waals surface area (Å²) in [5.41, 5.74) is 1.27. The van der Waals surface area contributed by atoms with Gasteiger partial charge in [0.25, 0.3) is 0 Å². The van der Waals surface area contributed by atoms with Gasteiger partial charge in [-0.15, -0.1) is 0 Å². The van der Waals surface area contributed by atoms with Gasteiger partial charge in [0.1, 0.15) is 0 Å². The number of fused-ring (bicyclic) bond motifs is 1. The summed E-state index contributed by atoms with van der Waals surface area (Å²) in [6.07, 6.45) is 0.577. The van der Waals surface area contributed by atoms with Crippen LogP contribution in [0.5, 0.6) is 0 Å². The maximum absolute atomic E-state index is 8.72. The van der Waals surface area contributed by atoms with Crippen molar-refractivity contribution in [3.63, 3.8) is 0 Å². The van der Waals surface area contributed by atoms with E-state index in [2.05, 4.69) is 43.3 Å². The summed E-state index contributed by atoms with van der Waals surface area (Å²) in [6.45, 7) is 2.10. The Morgan fingerprint density at radius 3 is 2.67 bits per heavy atom. The highest BCUT2D eigenvalue weighted by Crippen LogP contribution is 2.26. The largest absolute Gasteiger partial charge is 0.198 e.